The van der Waals surface area contributed by atoms with E-state index in [0.29, 0.717) is 22.3 Å². The van der Waals surface area contributed by atoms with Crippen molar-refractivity contribution < 1.29 is 9.13 Å². The van der Waals surface area contributed by atoms with Crippen LogP contribution < -0.4 is 15.6 Å². The van der Waals surface area contributed by atoms with E-state index in [0.717, 1.165) is 10.9 Å². The molecule has 2 aromatic carbocycles. The molecule has 0 aliphatic carbocycles. The molecular weight excluding hydrogens is 404 g/mol. The second-order valence-corrected chi connectivity index (χ2v) is 7.05. The number of nitrogens with zero attached hydrogens (tertiary/aromatic N) is 1. The van der Waals surface area contributed by atoms with E-state index < -0.39 is 0 Å². The van der Waals surface area contributed by atoms with Gasteiger partial charge in [-0.1, -0.05) is 36.4 Å². The Balaban J connectivity index is 1.77. The summed E-state index contributed by atoms with van der Waals surface area (Å²) in [6, 6.07) is 15.8. The number of ether oxygens (including phenoxy) is 1. The van der Waals surface area contributed by atoms with E-state index in [2.05, 4.69) is 25.2 Å². The lowest BCUT2D eigenvalue weighted by Gasteiger charge is -2.11. The van der Waals surface area contributed by atoms with E-state index in [-0.39, 0.29) is 18.0 Å². The maximum Gasteiger partial charge on any atom is 0.268 e. The maximum absolute atomic E-state index is 13.2. The first-order chi connectivity index (χ1) is 12.0. The Morgan fingerprint density at radius 1 is 1.08 bits per heavy atom. The average molecular weight is 420 g/mol. The zero-order chi connectivity index (χ0) is 17.8. The number of hydrogen-bond acceptors (Lipinski definition) is 2. The molecule has 25 heavy (non-hydrogen) atoms. The molecule has 1 heterocycles. The summed E-state index contributed by atoms with van der Waals surface area (Å²) in [6.07, 6.45) is 1.70. The van der Waals surface area contributed by atoms with Gasteiger partial charge in [0.05, 0.1) is 6.54 Å². The second-order valence-electron chi connectivity index (χ2n) is 5.59. The van der Waals surface area contributed by atoms with Crippen LogP contribution in [0.25, 0.3) is 0 Å². The van der Waals surface area contributed by atoms with E-state index in [1.807, 2.05) is 24.3 Å². The number of benzene rings is 2. The molecule has 0 fully saturated rings. The average Bonchev–Trinajstić information content (AvgIpc) is 2.58. The Morgan fingerprint density at radius 2 is 1.84 bits per heavy atom. The molecule has 0 saturated heterocycles. The lowest BCUT2D eigenvalue weighted by molar-refractivity contribution is 0.302. The van der Waals surface area contributed by atoms with Crippen LogP contribution in [0.5, 0.6) is 5.75 Å². The van der Waals surface area contributed by atoms with Gasteiger partial charge in [-0.05, 0) is 50.6 Å². The largest absolute Gasteiger partial charge is 0.487 e. The van der Waals surface area contributed by atoms with Gasteiger partial charge in [-0.25, -0.2) is 4.39 Å². The second kappa shape index (κ2) is 7.94. The van der Waals surface area contributed by atoms with Crippen LogP contribution in [0.15, 0.2) is 70.1 Å². The van der Waals surface area contributed by atoms with Crippen molar-refractivity contribution in [1.82, 2.24) is 4.57 Å². The SMILES string of the molecule is O=c1c(Br)c(OCc2cccc(F)c2)ccn1Cc1cccc(P)c1. The fourth-order valence-electron chi connectivity index (χ4n) is 2.44. The number of rotatable bonds is 5. The van der Waals surface area contributed by atoms with Crippen molar-refractivity contribution in [3.8, 4) is 5.75 Å². The highest BCUT2D eigenvalue weighted by atomic mass is 79.9. The zero-order valence-corrected chi connectivity index (χ0v) is 16.0. The van der Waals surface area contributed by atoms with Crippen LogP contribution >= 0.6 is 25.2 Å². The van der Waals surface area contributed by atoms with Crippen LogP contribution in [0.4, 0.5) is 4.39 Å². The molecule has 0 aliphatic heterocycles. The summed E-state index contributed by atoms with van der Waals surface area (Å²) in [4.78, 5) is 12.5. The van der Waals surface area contributed by atoms with Crippen molar-refractivity contribution in [2.45, 2.75) is 13.2 Å². The molecule has 3 rings (SSSR count). The molecule has 0 bridgehead atoms. The highest BCUT2D eigenvalue weighted by molar-refractivity contribution is 9.10. The highest BCUT2D eigenvalue weighted by Gasteiger charge is 2.10. The summed E-state index contributed by atoms with van der Waals surface area (Å²) in [5.74, 6) is 0.122. The van der Waals surface area contributed by atoms with Crippen LogP contribution in [-0.4, -0.2) is 4.57 Å². The number of aromatic nitrogens is 1. The minimum atomic E-state index is -0.313. The Kier molecular flexibility index (Phi) is 5.67. The quantitative estimate of drug-likeness (QED) is 0.587. The summed E-state index contributed by atoms with van der Waals surface area (Å²) in [6.45, 7) is 0.665. The molecule has 1 atom stereocenters. The number of hydrogen-bond donors (Lipinski definition) is 0. The smallest absolute Gasteiger partial charge is 0.268 e. The van der Waals surface area contributed by atoms with Crippen LogP contribution in [0.1, 0.15) is 11.1 Å². The number of halogens is 2. The Labute approximate surface area is 155 Å². The highest BCUT2D eigenvalue weighted by Crippen LogP contribution is 2.22. The molecule has 1 unspecified atom stereocenters. The first kappa shape index (κ1) is 17.8. The van der Waals surface area contributed by atoms with Crippen molar-refractivity contribution in [2.75, 3.05) is 0 Å². The molecule has 0 amide bonds. The van der Waals surface area contributed by atoms with Gasteiger partial charge >= 0.3 is 0 Å². The third-order valence-electron chi connectivity index (χ3n) is 3.66. The standard InChI is InChI=1S/C19H16BrFNO2P/c20-18-17(24-12-14-4-1-5-15(21)9-14)7-8-22(19(18)23)11-13-3-2-6-16(25)10-13/h1-10H,11-12,25H2. The predicted molar refractivity (Wildman–Crippen MR) is 104 cm³/mol. The van der Waals surface area contributed by atoms with Crippen molar-refractivity contribution in [3.63, 3.8) is 0 Å². The first-order valence-corrected chi connectivity index (χ1v) is 9.00. The van der Waals surface area contributed by atoms with Crippen molar-refractivity contribution in [1.29, 1.82) is 0 Å². The van der Waals surface area contributed by atoms with Crippen molar-refractivity contribution in [2.24, 2.45) is 0 Å². The molecular formula is C19H16BrFNO2P. The van der Waals surface area contributed by atoms with Crippen LogP contribution in [0, 0.1) is 5.82 Å². The van der Waals surface area contributed by atoms with E-state index in [9.17, 15) is 9.18 Å². The summed E-state index contributed by atoms with van der Waals surface area (Å²) < 4.78 is 20.8. The Bertz CT molecular complexity index is 958. The molecule has 0 N–H and O–H groups in total. The van der Waals surface area contributed by atoms with Crippen LogP contribution in [0.3, 0.4) is 0 Å². The minimum absolute atomic E-state index is 0.175. The normalized spacial score (nSPS) is 10.7. The van der Waals surface area contributed by atoms with Crippen molar-refractivity contribution in [3.05, 3.63) is 92.6 Å². The summed E-state index contributed by atoms with van der Waals surface area (Å²) in [5.41, 5.74) is 1.56. The van der Waals surface area contributed by atoms with E-state index in [1.165, 1.54) is 12.1 Å². The molecule has 3 aromatic rings. The van der Waals surface area contributed by atoms with Gasteiger partial charge in [0.2, 0.25) is 0 Å². The zero-order valence-electron chi connectivity index (χ0n) is 13.3. The molecule has 0 spiro atoms. The lowest BCUT2D eigenvalue weighted by Crippen LogP contribution is -2.21. The number of pyridine rings is 1. The fourth-order valence-corrected chi connectivity index (χ4v) is 3.24. The van der Waals surface area contributed by atoms with Gasteiger partial charge < -0.3 is 9.30 Å². The van der Waals surface area contributed by atoms with Gasteiger partial charge in [0.15, 0.2) is 0 Å². The molecule has 3 nitrogen and oxygen atoms in total. The van der Waals surface area contributed by atoms with E-state index in [1.54, 1.807) is 29.0 Å². The third kappa shape index (κ3) is 4.56. The molecule has 0 radical (unpaired) electrons. The summed E-state index contributed by atoms with van der Waals surface area (Å²) in [7, 11) is 2.64. The van der Waals surface area contributed by atoms with Gasteiger partial charge in [-0.2, -0.15) is 0 Å². The Hall–Kier alpha value is -1.97. The fraction of sp³-hybridized carbons (Fsp3) is 0.105. The van der Waals surface area contributed by atoms with Crippen molar-refractivity contribution >= 4 is 30.5 Å². The molecule has 0 aliphatic rings. The van der Waals surface area contributed by atoms with Crippen LogP contribution in [-0.2, 0) is 13.2 Å². The third-order valence-corrected chi connectivity index (χ3v) is 4.75. The van der Waals surface area contributed by atoms with Gasteiger partial charge in [-0.15, -0.1) is 9.24 Å². The predicted octanol–water partition coefficient (Wildman–Crippen LogP) is 3.88. The van der Waals surface area contributed by atoms with Gasteiger partial charge in [0.1, 0.15) is 22.6 Å². The molecule has 1 aromatic heterocycles. The Morgan fingerprint density at radius 3 is 2.60 bits per heavy atom. The van der Waals surface area contributed by atoms with Crippen LogP contribution in [0.2, 0.25) is 0 Å². The first-order valence-electron chi connectivity index (χ1n) is 7.63. The summed E-state index contributed by atoms with van der Waals surface area (Å²) >= 11 is 3.31. The lowest BCUT2D eigenvalue weighted by atomic mass is 10.2. The summed E-state index contributed by atoms with van der Waals surface area (Å²) in [5, 5.41) is 1.07. The monoisotopic (exact) mass is 419 g/mol. The topological polar surface area (TPSA) is 31.2 Å². The molecule has 6 heteroatoms. The molecule has 128 valence electrons. The van der Waals surface area contributed by atoms with Gasteiger partial charge in [0.25, 0.3) is 5.56 Å². The van der Waals surface area contributed by atoms with Gasteiger partial charge in [0, 0.05) is 6.20 Å². The van der Waals surface area contributed by atoms with E-state index >= 15 is 0 Å². The van der Waals surface area contributed by atoms with E-state index in [4.69, 9.17) is 4.74 Å². The molecule has 0 saturated carbocycles. The minimum Gasteiger partial charge on any atom is -0.487 e. The maximum atomic E-state index is 13.2. The van der Waals surface area contributed by atoms with Gasteiger partial charge in [-0.3, -0.25) is 4.79 Å².